The van der Waals surface area contributed by atoms with Crippen molar-refractivity contribution in [3.8, 4) is 11.1 Å². The largest absolute Gasteiger partial charge is 0.369 e. The van der Waals surface area contributed by atoms with Gasteiger partial charge in [-0.15, -0.1) is 12.4 Å². The van der Waals surface area contributed by atoms with Gasteiger partial charge in [-0.25, -0.2) is 12.4 Å². The number of hydrogen-bond acceptors (Lipinski definition) is 4. The van der Waals surface area contributed by atoms with E-state index in [0.29, 0.717) is 16.0 Å². The summed E-state index contributed by atoms with van der Waals surface area (Å²) in [6.07, 6.45) is 1.67. The first-order valence-corrected chi connectivity index (χ1v) is 14.1. The third-order valence-electron chi connectivity index (χ3n) is 7.13. The van der Waals surface area contributed by atoms with E-state index in [1.54, 1.807) is 18.3 Å². The minimum atomic E-state index is -3.78. The van der Waals surface area contributed by atoms with Crippen LogP contribution in [0.4, 0.5) is 5.69 Å². The Morgan fingerprint density at radius 1 is 0.684 bits per heavy atom. The number of benzene rings is 4. The van der Waals surface area contributed by atoms with Crippen LogP contribution in [0, 0.1) is 0 Å². The lowest BCUT2D eigenvalue weighted by Gasteiger charge is -2.36. The molecule has 0 bridgehead atoms. The normalized spacial score (nSPS) is 14.4. The molecule has 2 heterocycles. The first kappa shape index (κ1) is 26.0. The molecule has 5 nitrogen and oxygen atoms in total. The highest BCUT2D eigenvalue weighted by molar-refractivity contribution is 7.90. The Hall–Kier alpha value is -3.58. The second-order valence-corrected chi connectivity index (χ2v) is 11.3. The van der Waals surface area contributed by atoms with Gasteiger partial charge in [0.1, 0.15) is 0 Å². The number of halogens is 1. The number of rotatable bonds is 6. The maximum atomic E-state index is 13.8. The lowest BCUT2D eigenvalue weighted by molar-refractivity contribution is 0.250. The van der Waals surface area contributed by atoms with Gasteiger partial charge < -0.3 is 4.90 Å². The molecular formula is C31H30ClN3O2S. The van der Waals surface area contributed by atoms with E-state index in [0.717, 1.165) is 49.4 Å². The smallest absolute Gasteiger partial charge is 0.268 e. The Morgan fingerprint density at radius 2 is 1.34 bits per heavy atom. The molecule has 194 valence electrons. The Labute approximate surface area is 230 Å². The minimum Gasteiger partial charge on any atom is -0.369 e. The van der Waals surface area contributed by atoms with Crippen LogP contribution in [-0.2, 0) is 16.6 Å². The second kappa shape index (κ2) is 11.0. The van der Waals surface area contributed by atoms with Gasteiger partial charge in [0.15, 0.2) is 0 Å². The van der Waals surface area contributed by atoms with Gasteiger partial charge in [-0.3, -0.25) is 4.90 Å². The summed E-state index contributed by atoms with van der Waals surface area (Å²) in [6.45, 7) is 4.86. The van der Waals surface area contributed by atoms with Crippen LogP contribution in [-0.4, -0.2) is 43.5 Å². The topological polar surface area (TPSA) is 45.6 Å². The summed E-state index contributed by atoms with van der Waals surface area (Å²) in [5.74, 6) is 0. The number of nitrogens with zero attached hydrogens (tertiary/aromatic N) is 3. The SMILES string of the molecule is Cl.O=S(=O)(c1ccccc1-c1ccccc1)n1ccc2cc(N3CCN(Cc4ccccc4)CC3)ccc21. The predicted octanol–water partition coefficient (Wildman–Crippen LogP) is 6.29. The third kappa shape index (κ3) is 5.07. The molecule has 0 spiro atoms. The zero-order chi connectivity index (χ0) is 25.2. The fraction of sp³-hybridized carbons (Fsp3) is 0.161. The van der Waals surface area contributed by atoms with Crippen molar-refractivity contribution in [1.29, 1.82) is 0 Å². The number of hydrogen-bond donors (Lipinski definition) is 0. The van der Waals surface area contributed by atoms with Crippen LogP contribution in [0.15, 0.2) is 120 Å². The summed E-state index contributed by atoms with van der Waals surface area (Å²) in [5.41, 5.74) is 4.75. The van der Waals surface area contributed by atoms with E-state index in [4.69, 9.17) is 0 Å². The molecule has 1 aliphatic rings. The summed E-state index contributed by atoms with van der Waals surface area (Å²) in [4.78, 5) is 5.17. The van der Waals surface area contributed by atoms with Gasteiger partial charge >= 0.3 is 0 Å². The van der Waals surface area contributed by atoms with Crippen molar-refractivity contribution < 1.29 is 8.42 Å². The molecule has 6 rings (SSSR count). The van der Waals surface area contributed by atoms with Crippen molar-refractivity contribution in [1.82, 2.24) is 8.87 Å². The Morgan fingerprint density at radius 3 is 2.08 bits per heavy atom. The molecule has 5 aromatic rings. The van der Waals surface area contributed by atoms with Gasteiger partial charge in [0.25, 0.3) is 10.0 Å². The number of fused-ring (bicyclic) bond motifs is 1. The highest BCUT2D eigenvalue weighted by Gasteiger charge is 2.24. The molecule has 1 saturated heterocycles. The highest BCUT2D eigenvalue weighted by atomic mass is 35.5. The van der Waals surface area contributed by atoms with Crippen molar-refractivity contribution >= 4 is 39.0 Å². The third-order valence-corrected chi connectivity index (χ3v) is 8.88. The molecule has 0 atom stereocenters. The van der Waals surface area contributed by atoms with Crippen molar-refractivity contribution in [2.24, 2.45) is 0 Å². The van der Waals surface area contributed by atoms with Crippen molar-refractivity contribution in [3.05, 3.63) is 121 Å². The first-order chi connectivity index (χ1) is 18.1. The van der Waals surface area contributed by atoms with E-state index in [1.807, 2.05) is 60.7 Å². The Kier molecular flexibility index (Phi) is 7.56. The Bertz CT molecular complexity index is 1630. The molecule has 0 aliphatic carbocycles. The summed E-state index contributed by atoms with van der Waals surface area (Å²) in [6, 6.07) is 35.4. The average Bonchev–Trinajstić information content (AvgIpc) is 3.39. The first-order valence-electron chi connectivity index (χ1n) is 12.6. The molecule has 7 heteroatoms. The lowest BCUT2D eigenvalue weighted by Crippen LogP contribution is -2.45. The van der Waals surface area contributed by atoms with Crippen LogP contribution in [0.1, 0.15) is 5.56 Å². The van der Waals surface area contributed by atoms with Crippen molar-refractivity contribution in [2.45, 2.75) is 11.4 Å². The Balaban J connectivity index is 0.00000294. The summed E-state index contributed by atoms with van der Waals surface area (Å²) in [5, 5.41) is 0.921. The van der Waals surface area contributed by atoms with Crippen LogP contribution in [0.25, 0.3) is 22.0 Å². The number of anilines is 1. The van der Waals surface area contributed by atoms with Gasteiger partial charge in [0, 0.05) is 55.6 Å². The van der Waals surface area contributed by atoms with E-state index >= 15 is 0 Å². The minimum absolute atomic E-state index is 0. The van der Waals surface area contributed by atoms with E-state index in [2.05, 4.69) is 46.2 Å². The fourth-order valence-corrected chi connectivity index (χ4v) is 6.74. The molecule has 0 saturated carbocycles. The van der Waals surface area contributed by atoms with Gasteiger partial charge in [0.05, 0.1) is 10.4 Å². The van der Waals surface area contributed by atoms with Crippen LogP contribution in [0.3, 0.4) is 0 Å². The second-order valence-electron chi connectivity index (χ2n) is 9.47. The summed E-state index contributed by atoms with van der Waals surface area (Å²) >= 11 is 0. The van der Waals surface area contributed by atoms with Gasteiger partial charge in [0.2, 0.25) is 0 Å². The van der Waals surface area contributed by atoms with E-state index < -0.39 is 10.0 Å². The molecule has 0 unspecified atom stereocenters. The molecule has 38 heavy (non-hydrogen) atoms. The lowest BCUT2D eigenvalue weighted by atomic mass is 10.1. The van der Waals surface area contributed by atoms with Crippen LogP contribution < -0.4 is 4.90 Å². The molecule has 1 aromatic heterocycles. The van der Waals surface area contributed by atoms with Crippen LogP contribution in [0.2, 0.25) is 0 Å². The van der Waals surface area contributed by atoms with Crippen LogP contribution >= 0.6 is 12.4 Å². The van der Waals surface area contributed by atoms with Gasteiger partial charge in [-0.2, -0.15) is 0 Å². The van der Waals surface area contributed by atoms with E-state index in [9.17, 15) is 8.42 Å². The van der Waals surface area contributed by atoms with E-state index in [-0.39, 0.29) is 12.4 Å². The zero-order valence-electron chi connectivity index (χ0n) is 21.0. The molecule has 0 amide bonds. The van der Waals surface area contributed by atoms with E-state index in [1.165, 1.54) is 9.54 Å². The quantitative estimate of drug-likeness (QED) is 0.252. The molecule has 1 fully saturated rings. The molecule has 4 aromatic carbocycles. The molecular weight excluding hydrogens is 514 g/mol. The molecule has 1 aliphatic heterocycles. The predicted molar refractivity (Wildman–Crippen MR) is 158 cm³/mol. The average molecular weight is 544 g/mol. The molecule has 0 N–H and O–H groups in total. The fourth-order valence-electron chi connectivity index (χ4n) is 5.17. The maximum absolute atomic E-state index is 13.8. The summed E-state index contributed by atoms with van der Waals surface area (Å²) in [7, 11) is -3.78. The summed E-state index contributed by atoms with van der Waals surface area (Å²) < 4.78 is 29.1. The highest BCUT2D eigenvalue weighted by Crippen LogP contribution is 2.32. The molecule has 0 radical (unpaired) electrons. The van der Waals surface area contributed by atoms with Crippen molar-refractivity contribution in [3.63, 3.8) is 0 Å². The number of aromatic nitrogens is 1. The van der Waals surface area contributed by atoms with Gasteiger partial charge in [-0.05, 0) is 41.5 Å². The van der Waals surface area contributed by atoms with Crippen LogP contribution in [0.5, 0.6) is 0 Å². The number of piperazine rings is 1. The van der Waals surface area contributed by atoms with Crippen molar-refractivity contribution in [2.75, 3.05) is 31.1 Å². The standard InChI is InChI=1S/C31H29N3O2S.ClH/c35-37(36,31-14-8-7-13-29(31)26-11-5-2-6-12-26)34-18-17-27-23-28(15-16-30(27)34)33-21-19-32(20-22-33)24-25-9-3-1-4-10-25;/h1-18,23H,19-22,24H2;1H. The monoisotopic (exact) mass is 543 g/mol. The van der Waals surface area contributed by atoms with Gasteiger partial charge in [-0.1, -0.05) is 78.9 Å². The maximum Gasteiger partial charge on any atom is 0.268 e. The zero-order valence-corrected chi connectivity index (χ0v) is 22.6.